The molecule has 1 aromatic rings. The first-order valence-corrected chi connectivity index (χ1v) is 9.91. The summed E-state index contributed by atoms with van der Waals surface area (Å²) in [6, 6.07) is 2.50. The molecular formula is C18H25N3O2S. The van der Waals surface area contributed by atoms with Crippen molar-refractivity contribution in [1.82, 2.24) is 15.5 Å². The number of hydrogen-bond acceptors (Lipinski definition) is 4. The molecule has 3 heterocycles. The monoisotopic (exact) mass is 347 g/mol. The van der Waals surface area contributed by atoms with E-state index in [0.29, 0.717) is 37.4 Å². The van der Waals surface area contributed by atoms with Gasteiger partial charge in [-0.15, -0.1) is 0 Å². The number of thiophene rings is 1. The van der Waals surface area contributed by atoms with Gasteiger partial charge in [-0.25, -0.2) is 0 Å². The summed E-state index contributed by atoms with van der Waals surface area (Å²) in [6.45, 7) is 3.35. The standard InChI is InChI=1S/C18H25N3O2S/c22-16-2-1-14(10-20-16)17(23)21(11-13-3-8-24-12-13)15-9-18(15)4-6-19-7-5-18/h3,8,12,14-15,19H,1-2,4-7,9-11H2,(H,20,22)/t14-,15+/m1/s1. The van der Waals surface area contributed by atoms with Crippen molar-refractivity contribution in [2.24, 2.45) is 11.3 Å². The Balaban J connectivity index is 1.50. The quantitative estimate of drug-likeness (QED) is 0.872. The number of rotatable bonds is 4. The highest BCUT2D eigenvalue weighted by molar-refractivity contribution is 7.07. The van der Waals surface area contributed by atoms with Crippen LogP contribution in [0.3, 0.4) is 0 Å². The van der Waals surface area contributed by atoms with Crippen LogP contribution in [0.2, 0.25) is 0 Å². The highest BCUT2D eigenvalue weighted by Crippen LogP contribution is 2.56. The minimum atomic E-state index is -0.0549. The predicted molar refractivity (Wildman–Crippen MR) is 93.5 cm³/mol. The molecule has 2 saturated heterocycles. The topological polar surface area (TPSA) is 61.4 Å². The second-order valence-corrected chi connectivity index (χ2v) is 8.25. The summed E-state index contributed by atoms with van der Waals surface area (Å²) in [5, 5.41) is 10.5. The van der Waals surface area contributed by atoms with E-state index in [1.165, 1.54) is 18.4 Å². The van der Waals surface area contributed by atoms with Crippen LogP contribution in [0.5, 0.6) is 0 Å². The molecule has 3 aliphatic rings. The van der Waals surface area contributed by atoms with Crippen LogP contribution >= 0.6 is 11.3 Å². The third kappa shape index (κ3) is 3.09. The number of carbonyl (C=O) groups excluding carboxylic acids is 2. The van der Waals surface area contributed by atoms with Crippen LogP contribution in [0, 0.1) is 11.3 Å². The number of hydrogen-bond donors (Lipinski definition) is 2. The van der Waals surface area contributed by atoms with Gasteiger partial charge in [0.15, 0.2) is 0 Å². The van der Waals surface area contributed by atoms with Gasteiger partial charge in [-0.3, -0.25) is 9.59 Å². The summed E-state index contributed by atoms with van der Waals surface area (Å²) in [5.41, 5.74) is 1.57. The molecule has 1 spiro atoms. The van der Waals surface area contributed by atoms with Gasteiger partial charge in [0.2, 0.25) is 11.8 Å². The van der Waals surface area contributed by atoms with Gasteiger partial charge in [0.1, 0.15) is 0 Å². The molecule has 3 fully saturated rings. The zero-order valence-electron chi connectivity index (χ0n) is 13.9. The minimum Gasteiger partial charge on any atom is -0.355 e. The van der Waals surface area contributed by atoms with Crippen LogP contribution in [0.1, 0.15) is 37.7 Å². The molecule has 0 unspecified atom stereocenters. The fourth-order valence-electron chi connectivity index (χ4n) is 4.33. The zero-order valence-corrected chi connectivity index (χ0v) is 14.7. The van der Waals surface area contributed by atoms with Crippen molar-refractivity contribution in [1.29, 1.82) is 0 Å². The van der Waals surface area contributed by atoms with Crippen LogP contribution < -0.4 is 10.6 Å². The normalized spacial score (nSPS) is 28.4. The Morgan fingerprint density at radius 3 is 2.88 bits per heavy atom. The van der Waals surface area contributed by atoms with E-state index in [1.807, 2.05) is 0 Å². The van der Waals surface area contributed by atoms with Gasteiger partial charge in [0.05, 0.1) is 5.92 Å². The Bertz CT molecular complexity index is 600. The first-order valence-electron chi connectivity index (χ1n) is 8.97. The van der Waals surface area contributed by atoms with E-state index in [1.54, 1.807) is 11.3 Å². The molecule has 4 rings (SSSR count). The summed E-state index contributed by atoms with van der Waals surface area (Å²) in [7, 11) is 0. The second-order valence-electron chi connectivity index (χ2n) is 7.47. The summed E-state index contributed by atoms with van der Waals surface area (Å²) in [6.07, 6.45) is 4.65. The van der Waals surface area contributed by atoms with Crippen molar-refractivity contribution < 1.29 is 9.59 Å². The molecule has 1 aliphatic carbocycles. The molecule has 0 radical (unpaired) electrons. The molecule has 2 aliphatic heterocycles. The average molecular weight is 347 g/mol. The number of carbonyl (C=O) groups is 2. The van der Waals surface area contributed by atoms with E-state index in [4.69, 9.17) is 0 Å². The Morgan fingerprint density at radius 1 is 1.38 bits per heavy atom. The second kappa shape index (κ2) is 6.48. The van der Waals surface area contributed by atoms with Crippen LogP contribution in [-0.4, -0.2) is 42.4 Å². The molecule has 2 atom stereocenters. The average Bonchev–Trinajstić information content (AvgIpc) is 3.04. The SMILES string of the molecule is O=C1CC[C@@H](C(=O)N(Cc2ccsc2)[C@H]2CC23CCNCC3)CN1. The fraction of sp³-hybridized carbons (Fsp3) is 0.667. The fourth-order valence-corrected chi connectivity index (χ4v) is 4.99. The first kappa shape index (κ1) is 16.1. The van der Waals surface area contributed by atoms with E-state index in [0.717, 1.165) is 19.5 Å². The van der Waals surface area contributed by atoms with Crippen LogP contribution in [-0.2, 0) is 16.1 Å². The molecule has 5 nitrogen and oxygen atoms in total. The zero-order chi connectivity index (χ0) is 16.6. The summed E-state index contributed by atoms with van der Waals surface area (Å²) in [4.78, 5) is 26.7. The van der Waals surface area contributed by atoms with Crippen molar-refractivity contribution >= 4 is 23.2 Å². The van der Waals surface area contributed by atoms with Crippen molar-refractivity contribution in [3.63, 3.8) is 0 Å². The predicted octanol–water partition coefficient (Wildman–Crippen LogP) is 1.74. The lowest BCUT2D eigenvalue weighted by molar-refractivity contribution is -0.139. The maximum atomic E-state index is 13.2. The lowest BCUT2D eigenvalue weighted by Crippen LogP contribution is -2.47. The molecule has 1 aromatic heterocycles. The molecule has 130 valence electrons. The van der Waals surface area contributed by atoms with Gasteiger partial charge in [0, 0.05) is 25.6 Å². The maximum Gasteiger partial charge on any atom is 0.228 e. The smallest absolute Gasteiger partial charge is 0.228 e. The number of amides is 2. The van der Waals surface area contributed by atoms with E-state index in [9.17, 15) is 9.59 Å². The minimum absolute atomic E-state index is 0.0549. The molecule has 6 heteroatoms. The van der Waals surface area contributed by atoms with Crippen LogP contribution in [0.25, 0.3) is 0 Å². The van der Waals surface area contributed by atoms with Gasteiger partial charge in [-0.2, -0.15) is 11.3 Å². The third-order valence-corrected chi connectivity index (χ3v) is 6.69. The third-order valence-electron chi connectivity index (χ3n) is 5.95. The molecule has 1 saturated carbocycles. The molecule has 2 amide bonds. The summed E-state index contributed by atoms with van der Waals surface area (Å²) < 4.78 is 0. The van der Waals surface area contributed by atoms with E-state index >= 15 is 0 Å². The van der Waals surface area contributed by atoms with E-state index in [-0.39, 0.29) is 17.7 Å². The Labute approximate surface area is 146 Å². The summed E-state index contributed by atoms with van der Waals surface area (Å²) >= 11 is 1.68. The lowest BCUT2D eigenvalue weighted by atomic mass is 9.92. The Morgan fingerprint density at radius 2 is 2.21 bits per heavy atom. The maximum absolute atomic E-state index is 13.2. The first-order chi connectivity index (χ1) is 11.7. The van der Waals surface area contributed by atoms with Gasteiger partial charge < -0.3 is 15.5 Å². The van der Waals surface area contributed by atoms with Crippen molar-refractivity contribution in [3.8, 4) is 0 Å². The van der Waals surface area contributed by atoms with E-state index < -0.39 is 0 Å². The van der Waals surface area contributed by atoms with Crippen LogP contribution in [0.4, 0.5) is 0 Å². The number of nitrogens with one attached hydrogen (secondary N) is 2. The van der Waals surface area contributed by atoms with Crippen molar-refractivity contribution in [2.45, 2.75) is 44.7 Å². The van der Waals surface area contributed by atoms with E-state index in [2.05, 4.69) is 32.4 Å². The molecule has 0 aromatic carbocycles. The van der Waals surface area contributed by atoms with Crippen molar-refractivity contribution in [2.75, 3.05) is 19.6 Å². The summed E-state index contributed by atoms with van der Waals surface area (Å²) in [5.74, 6) is 0.256. The molecule has 24 heavy (non-hydrogen) atoms. The molecule has 2 N–H and O–H groups in total. The molecular weight excluding hydrogens is 322 g/mol. The number of piperidine rings is 2. The molecule has 0 bridgehead atoms. The Hall–Kier alpha value is -1.40. The van der Waals surface area contributed by atoms with Gasteiger partial charge in [0.25, 0.3) is 0 Å². The van der Waals surface area contributed by atoms with Gasteiger partial charge in [-0.1, -0.05) is 0 Å². The largest absolute Gasteiger partial charge is 0.355 e. The van der Waals surface area contributed by atoms with Crippen molar-refractivity contribution in [3.05, 3.63) is 22.4 Å². The lowest BCUT2D eigenvalue weighted by Gasteiger charge is -2.33. The highest BCUT2D eigenvalue weighted by atomic mass is 32.1. The Kier molecular flexibility index (Phi) is 4.35. The highest BCUT2D eigenvalue weighted by Gasteiger charge is 2.58. The number of nitrogens with zero attached hydrogens (tertiary/aromatic N) is 1. The van der Waals surface area contributed by atoms with Gasteiger partial charge >= 0.3 is 0 Å². The van der Waals surface area contributed by atoms with Gasteiger partial charge in [-0.05, 0) is 66.6 Å². The van der Waals surface area contributed by atoms with Crippen LogP contribution in [0.15, 0.2) is 16.8 Å².